The van der Waals surface area contributed by atoms with Gasteiger partial charge in [-0.15, -0.1) is 0 Å². The number of aliphatic carboxylic acids is 1. The van der Waals surface area contributed by atoms with Gasteiger partial charge in [-0.25, -0.2) is 0 Å². The number of aliphatic hydroxyl groups excluding tert-OH is 1. The van der Waals surface area contributed by atoms with Crippen LogP contribution in [0, 0.1) is 5.92 Å². The Balaban J connectivity index is 3.66. The predicted molar refractivity (Wildman–Crippen MR) is 149 cm³/mol. The summed E-state index contributed by atoms with van der Waals surface area (Å²) in [6.07, 6.45) is 17.1. The van der Waals surface area contributed by atoms with Crippen LogP contribution >= 0.6 is 0 Å². The van der Waals surface area contributed by atoms with E-state index in [1.807, 2.05) is 0 Å². The third-order valence-corrected chi connectivity index (χ3v) is 6.87. The summed E-state index contributed by atoms with van der Waals surface area (Å²) in [6.45, 7) is 0.496. The molecule has 0 aliphatic rings. The van der Waals surface area contributed by atoms with Gasteiger partial charge in [-0.05, 0) is 38.6 Å². The minimum Gasteiger partial charge on any atom is -0.481 e. The van der Waals surface area contributed by atoms with Crippen molar-refractivity contribution in [2.75, 3.05) is 26.2 Å². The number of hydrogen-bond donors (Lipinski definition) is 6. The number of amides is 2. The fraction of sp³-hybridized carbons (Fsp3) is 0.857. The number of Topliss-reactive ketones (excluding diaryl/α,β-unsaturated/α-hetero) is 1. The summed E-state index contributed by atoms with van der Waals surface area (Å²) >= 11 is 0. The van der Waals surface area contributed by atoms with Gasteiger partial charge in [-0.2, -0.15) is 0 Å². The molecular weight excluding hydrogens is 488 g/mol. The second kappa shape index (κ2) is 25.2. The lowest BCUT2D eigenvalue weighted by atomic mass is 9.93. The van der Waals surface area contributed by atoms with Gasteiger partial charge in [0.05, 0.1) is 13.2 Å². The van der Waals surface area contributed by atoms with Gasteiger partial charge in [0.1, 0.15) is 11.8 Å². The van der Waals surface area contributed by atoms with Gasteiger partial charge >= 0.3 is 5.97 Å². The van der Waals surface area contributed by atoms with Crippen molar-refractivity contribution >= 4 is 23.6 Å². The maximum absolute atomic E-state index is 12.4. The first-order valence-electron chi connectivity index (χ1n) is 14.7. The van der Waals surface area contributed by atoms with E-state index in [4.69, 9.17) is 21.7 Å². The molecule has 0 aromatic carbocycles. The number of nitrogens with one attached hydrogen (secondary N) is 2. The van der Waals surface area contributed by atoms with Gasteiger partial charge in [0.15, 0.2) is 0 Å². The number of nitrogens with two attached hydrogens (primary N) is 2. The highest BCUT2D eigenvalue weighted by Gasteiger charge is 2.20. The molecule has 0 saturated heterocycles. The third-order valence-electron chi connectivity index (χ3n) is 6.87. The van der Waals surface area contributed by atoms with E-state index in [1.54, 1.807) is 0 Å². The molecule has 0 aromatic rings. The van der Waals surface area contributed by atoms with Gasteiger partial charge in [0.2, 0.25) is 11.8 Å². The lowest BCUT2D eigenvalue weighted by molar-refractivity contribution is -0.137. The summed E-state index contributed by atoms with van der Waals surface area (Å²) in [7, 11) is 0. The summed E-state index contributed by atoms with van der Waals surface area (Å²) < 4.78 is 0. The molecule has 0 heterocycles. The van der Waals surface area contributed by atoms with E-state index in [2.05, 4.69) is 10.6 Å². The second-order valence-corrected chi connectivity index (χ2v) is 10.2. The van der Waals surface area contributed by atoms with Crippen molar-refractivity contribution in [3.8, 4) is 0 Å². The largest absolute Gasteiger partial charge is 0.481 e. The molecule has 0 bridgehead atoms. The zero-order chi connectivity index (χ0) is 28.4. The Morgan fingerprint density at radius 2 is 1.24 bits per heavy atom. The molecule has 0 aliphatic heterocycles. The Morgan fingerprint density at radius 1 is 0.711 bits per heavy atom. The number of carboxylic acids is 1. The molecule has 2 atom stereocenters. The molecular formula is C28H54N4O6. The zero-order valence-electron chi connectivity index (χ0n) is 23.4. The molecule has 0 radical (unpaired) electrons. The lowest BCUT2D eigenvalue weighted by Gasteiger charge is -2.17. The number of carbonyl (C=O) groups excluding carboxylic acids is 3. The Kier molecular flexibility index (Phi) is 23.9. The number of ketones is 1. The van der Waals surface area contributed by atoms with Crippen molar-refractivity contribution in [2.45, 2.75) is 122 Å². The molecule has 10 heteroatoms. The molecule has 0 rings (SSSR count). The van der Waals surface area contributed by atoms with Crippen LogP contribution in [0.4, 0.5) is 0 Å². The summed E-state index contributed by atoms with van der Waals surface area (Å²) in [4.78, 5) is 46.1. The van der Waals surface area contributed by atoms with Crippen LogP contribution in [-0.4, -0.2) is 66.1 Å². The van der Waals surface area contributed by atoms with E-state index < -0.39 is 24.5 Å². The number of rotatable bonds is 28. The predicted octanol–water partition coefficient (Wildman–Crippen LogP) is 2.79. The van der Waals surface area contributed by atoms with Crippen molar-refractivity contribution in [3.05, 3.63) is 0 Å². The van der Waals surface area contributed by atoms with Crippen molar-refractivity contribution in [3.63, 3.8) is 0 Å². The fourth-order valence-corrected chi connectivity index (χ4v) is 4.45. The molecule has 8 N–H and O–H groups in total. The Hall–Kier alpha value is -2.04. The monoisotopic (exact) mass is 542 g/mol. The molecule has 222 valence electrons. The summed E-state index contributed by atoms with van der Waals surface area (Å²) in [5.74, 6) is -1.59. The van der Waals surface area contributed by atoms with E-state index in [0.29, 0.717) is 32.4 Å². The average Bonchev–Trinajstić information content (AvgIpc) is 2.87. The molecule has 38 heavy (non-hydrogen) atoms. The van der Waals surface area contributed by atoms with E-state index in [9.17, 15) is 19.2 Å². The van der Waals surface area contributed by atoms with Crippen molar-refractivity contribution in [2.24, 2.45) is 17.4 Å². The molecule has 0 saturated carbocycles. The Morgan fingerprint density at radius 3 is 1.71 bits per heavy atom. The highest BCUT2D eigenvalue weighted by Crippen LogP contribution is 2.14. The van der Waals surface area contributed by atoms with Crippen molar-refractivity contribution in [1.82, 2.24) is 10.6 Å². The quantitative estimate of drug-likeness (QED) is 0.0815. The van der Waals surface area contributed by atoms with Crippen LogP contribution in [0.3, 0.4) is 0 Å². The zero-order valence-corrected chi connectivity index (χ0v) is 23.4. The number of primary amides is 1. The minimum atomic E-state index is -0.933. The molecule has 0 aliphatic carbocycles. The van der Waals surface area contributed by atoms with E-state index in [-0.39, 0.29) is 30.6 Å². The summed E-state index contributed by atoms with van der Waals surface area (Å²) in [5, 5.41) is 23.4. The average molecular weight is 543 g/mol. The van der Waals surface area contributed by atoms with E-state index >= 15 is 0 Å². The van der Waals surface area contributed by atoms with Crippen LogP contribution in [-0.2, 0) is 19.2 Å². The molecule has 2 amide bonds. The number of unbranched alkanes of at least 4 members (excludes halogenated alkanes) is 12. The Labute approximate surface area is 229 Å². The maximum Gasteiger partial charge on any atom is 0.303 e. The highest BCUT2D eigenvalue weighted by atomic mass is 16.4. The standard InChI is InChI=1S/C28H54N4O6/c29-19-18-23(25(34)21-32-24(22-33)28(30)38)15-13-14-20-31-26(35)16-11-9-7-5-3-1-2-4-6-8-10-12-17-27(36)37/h23-24,32-33H,1-22,29H2,(H2,30,38)(H,31,35)(H,36,37)/t23-,24-/m0/s1. The van der Waals surface area contributed by atoms with E-state index in [1.165, 1.54) is 38.5 Å². The molecule has 0 aromatic heterocycles. The van der Waals surface area contributed by atoms with Crippen LogP contribution in [0.2, 0.25) is 0 Å². The van der Waals surface area contributed by atoms with Gasteiger partial charge in [0, 0.05) is 25.3 Å². The molecule has 10 nitrogen and oxygen atoms in total. The fourth-order valence-electron chi connectivity index (χ4n) is 4.45. The van der Waals surface area contributed by atoms with Gasteiger partial charge in [0.25, 0.3) is 0 Å². The maximum atomic E-state index is 12.4. The van der Waals surface area contributed by atoms with Crippen LogP contribution in [0.1, 0.15) is 116 Å². The topological polar surface area (TPSA) is 185 Å². The molecule has 0 unspecified atom stereocenters. The first-order chi connectivity index (χ1) is 18.3. The number of hydrogen-bond acceptors (Lipinski definition) is 7. The first kappa shape index (κ1) is 36.0. The smallest absolute Gasteiger partial charge is 0.303 e. The van der Waals surface area contributed by atoms with Crippen molar-refractivity contribution < 1.29 is 29.4 Å². The third kappa shape index (κ3) is 22.0. The Bertz CT molecular complexity index is 647. The SMILES string of the molecule is NCC[C@H](CCCCNC(=O)CCCCCCCCCCCCCCC(=O)O)C(=O)CN[C@@H](CO)C(N)=O. The molecule has 0 fully saturated rings. The summed E-state index contributed by atoms with van der Waals surface area (Å²) in [5.41, 5.74) is 10.8. The van der Waals surface area contributed by atoms with Crippen LogP contribution in [0.15, 0.2) is 0 Å². The minimum absolute atomic E-state index is 0.0346. The lowest BCUT2D eigenvalue weighted by Crippen LogP contribution is -2.46. The van der Waals surface area contributed by atoms with Crippen LogP contribution < -0.4 is 22.1 Å². The van der Waals surface area contributed by atoms with Crippen LogP contribution in [0.5, 0.6) is 0 Å². The summed E-state index contributed by atoms with van der Waals surface area (Å²) in [6, 6.07) is -0.933. The number of carbonyl (C=O) groups is 4. The van der Waals surface area contributed by atoms with E-state index in [0.717, 1.165) is 51.4 Å². The van der Waals surface area contributed by atoms with Crippen molar-refractivity contribution in [1.29, 1.82) is 0 Å². The highest BCUT2D eigenvalue weighted by molar-refractivity contribution is 5.85. The van der Waals surface area contributed by atoms with Gasteiger partial charge in [-0.1, -0.05) is 70.6 Å². The molecule has 0 spiro atoms. The van der Waals surface area contributed by atoms with Gasteiger partial charge in [-0.3, -0.25) is 24.5 Å². The van der Waals surface area contributed by atoms with Gasteiger partial charge < -0.3 is 27.0 Å². The number of carboxylic acid groups (broad SMARTS) is 1. The number of aliphatic hydroxyl groups is 1. The second-order valence-electron chi connectivity index (χ2n) is 10.2. The van der Waals surface area contributed by atoms with Crippen LogP contribution in [0.25, 0.3) is 0 Å². The normalized spacial score (nSPS) is 12.7. The first-order valence-corrected chi connectivity index (χ1v) is 14.7.